The molecule has 2 aromatic carbocycles. The second-order valence-electron chi connectivity index (χ2n) is 4.30. The van der Waals surface area contributed by atoms with Crippen LogP contribution < -0.4 is 5.32 Å². The minimum Gasteiger partial charge on any atom is -0.505 e. The molecule has 0 aliphatic carbocycles. The Labute approximate surface area is 132 Å². The Balaban J connectivity index is 2.21. The molecule has 2 aromatic rings. The molecule has 0 radical (unpaired) electrons. The lowest BCUT2D eigenvalue weighted by Crippen LogP contribution is -2.22. The summed E-state index contributed by atoms with van der Waals surface area (Å²) in [7, 11) is 1.45. The van der Waals surface area contributed by atoms with Gasteiger partial charge in [0.2, 0.25) is 0 Å². The van der Waals surface area contributed by atoms with Crippen molar-refractivity contribution in [3.8, 4) is 5.75 Å². The van der Waals surface area contributed by atoms with E-state index in [0.717, 1.165) is 5.56 Å². The molecule has 0 saturated heterocycles. The first kappa shape index (κ1) is 15.6. The van der Waals surface area contributed by atoms with E-state index < -0.39 is 6.10 Å². The Kier molecular flexibility index (Phi) is 5.07. The third-order valence-corrected chi connectivity index (χ3v) is 3.44. The first-order valence-electron chi connectivity index (χ1n) is 6.09. The minimum absolute atomic E-state index is 0.0616. The maximum absolute atomic E-state index is 12.3. The quantitative estimate of drug-likeness (QED) is 0.834. The molecular weight excluding hydrogens is 313 g/mol. The van der Waals surface area contributed by atoms with Gasteiger partial charge in [-0.15, -0.1) is 0 Å². The van der Waals surface area contributed by atoms with Gasteiger partial charge in [-0.2, -0.15) is 0 Å². The second kappa shape index (κ2) is 6.80. The van der Waals surface area contributed by atoms with Crippen LogP contribution in [-0.2, 0) is 9.53 Å². The van der Waals surface area contributed by atoms with E-state index in [9.17, 15) is 9.90 Å². The summed E-state index contributed by atoms with van der Waals surface area (Å²) < 4.78 is 5.23. The molecule has 0 bridgehead atoms. The average molecular weight is 326 g/mol. The van der Waals surface area contributed by atoms with Crippen molar-refractivity contribution in [1.82, 2.24) is 0 Å². The van der Waals surface area contributed by atoms with Crippen LogP contribution in [-0.4, -0.2) is 18.1 Å². The molecule has 0 heterocycles. The van der Waals surface area contributed by atoms with Gasteiger partial charge >= 0.3 is 0 Å². The van der Waals surface area contributed by atoms with Crippen LogP contribution in [0.15, 0.2) is 42.5 Å². The molecule has 0 saturated carbocycles. The fourth-order valence-corrected chi connectivity index (χ4v) is 2.35. The van der Waals surface area contributed by atoms with Gasteiger partial charge in [0, 0.05) is 12.8 Å². The number of phenols is 1. The molecule has 0 aliphatic heterocycles. The van der Waals surface area contributed by atoms with Crippen LogP contribution >= 0.6 is 23.2 Å². The standard InChI is InChI=1S/C15H13Cl2NO3/c1-21-14(9-5-3-2-4-6-9)15(20)18-10-7-11(16)13(19)12(17)8-10/h2-8,14,19H,1H3,(H,18,20). The highest BCUT2D eigenvalue weighted by Gasteiger charge is 2.20. The van der Waals surface area contributed by atoms with Crippen LogP contribution in [0, 0.1) is 0 Å². The number of aromatic hydroxyl groups is 1. The fourth-order valence-electron chi connectivity index (χ4n) is 1.87. The van der Waals surface area contributed by atoms with E-state index in [1.807, 2.05) is 18.2 Å². The number of hydrogen-bond donors (Lipinski definition) is 2. The molecule has 2 N–H and O–H groups in total. The van der Waals surface area contributed by atoms with Crippen LogP contribution in [0.5, 0.6) is 5.75 Å². The van der Waals surface area contributed by atoms with Crippen molar-refractivity contribution >= 4 is 34.8 Å². The van der Waals surface area contributed by atoms with Gasteiger partial charge in [0.05, 0.1) is 10.0 Å². The molecular formula is C15H13Cl2NO3. The molecule has 2 rings (SSSR count). The number of methoxy groups -OCH3 is 1. The van der Waals surface area contributed by atoms with Crippen molar-refractivity contribution in [3.63, 3.8) is 0 Å². The zero-order chi connectivity index (χ0) is 15.4. The van der Waals surface area contributed by atoms with Crippen LogP contribution in [0.4, 0.5) is 5.69 Å². The number of rotatable bonds is 4. The number of nitrogens with one attached hydrogen (secondary N) is 1. The van der Waals surface area contributed by atoms with E-state index in [1.54, 1.807) is 12.1 Å². The van der Waals surface area contributed by atoms with Crippen LogP contribution in [0.1, 0.15) is 11.7 Å². The number of ether oxygens (including phenoxy) is 1. The topological polar surface area (TPSA) is 58.6 Å². The zero-order valence-corrected chi connectivity index (χ0v) is 12.7. The number of phenolic OH excluding ortho intramolecular Hbond substituents is 1. The van der Waals surface area contributed by atoms with Crippen molar-refractivity contribution in [2.24, 2.45) is 0 Å². The van der Waals surface area contributed by atoms with Crippen LogP contribution in [0.25, 0.3) is 0 Å². The highest BCUT2D eigenvalue weighted by molar-refractivity contribution is 6.37. The van der Waals surface area contributed by atoms with Gasteiger partial charge in [-0.25, -0.2) is 0 Å². The highest BCUT2D eigenvalue weighted by atomic mass is 35.5. The molecule has 1 unspecified atom stereocenters. The Bertz CT molecular complexity index is 624. The number of carbonyl (C=O) groups is 1. The zero-order valence-electron chi connectivity index (χ0n) is 11.1. The van der Waals surface area contributed by atoms with Crippen molar-refractivity contribution in [2.75, 3.05) is 12.4 Å². The first-order chi connectivity index (χ1) is 10.0. The number of anilines is 1. The summed E-state index contributed by atoms with van der Waals surface area (Å²) in [5, 5.41) is 12.3. The van der Waals surface area contributed by atoms with Crippen LogP contribution in [0.2, 0.25) is 10.0 Å². The number of hydrogen-bond acceptors (Lipinski definition) is 3. The summed E-state index contributed by atoms with van der Waals surface area (Å²) in [4.78, 5) is 12.3. The SMILES string of the molecule is COC(C(=O)Nc1cc(Cl)c(O)c(Cl)c1)c1ccccc1. The molecule has 0 aliphatic rings. The summed E-state index contributed by atoms with van der Waals surface area (Å²) in [5.41, 5.74) is 1.11. The van der Waals surface area contributed by atoms with Gasteiger partial charge in [0.25, 0.3) is 5.91 Å². The fraction of sp³-hybridized carbons (Fsp3) is 0.133. The number of carbonyl (C=O) groups excluding carboxylic acids is 1. The minimum atomic E-state index is -0.752. The number of halogens is 2. The van der Waals surface area contributed by atoms with Gasteiger partial charge in [-0.1, -0.05) is 53.5 Å². The normalized spacial score (nSPS) is 12.0. The van der Waals surface area contributed by atoms with Gasteiger partial charge in [0.15, 0.2) is 11.9 Å². The van der Waals surface area contributed by atoms with Gasteiger partial charge in [-0.05, 0) is 17.7 Å². The monoisotopic (exact) mass is 325 g/mol. The summed E-state index contributed by atoms with van der Waals surface area (Å²) in [5.74, 6) is -0.579. The largest absolute Gasteiger partial charge is 0.505 e. The molecule has 1 atom stereocenters. The molecule has 4 nitrogen and oxygen atoms in total. The van der Waals surface area contributed by atoms with E-state index in [0.29, 0.717) is 5.69 Å². The summed E-state index contributed by atoms with van der Waals surface area (Å²) >= 11 is 11.6. The summed E-state index contributed by atoms with van der Waals surface area (Å²) in [6.07, 6.45) is -0.752. The molecule has 0 aromatic heterocycles. The van der Waals surface area contributed by atoms with Gasteiger partial charge in [0.1, 0.15) is 0 Å². The Morgan fingerprint density at radius 1 is 1.19 bits per heavy atom. The summed E-state index contributed by atoms with van der Waals surface area (Å²) in [6.45, 7) is 0. The van der Waals surface area contributed by atoms with Crippen molar-refractivity contribution < 1.29 is 14.6 Å². The predicted molar refractivity (Wildman–Crippen MR) is 82.9 cm³/mol. The molecule has 0 spiro atoms. The predicted octanol–water partition coefficient (Wildman–Crippen LogP) is 4.03. The van der Waals surface area contributed by atoms with E-state index in [4.69, 9.17) is 27.9 Å². The third-order valence-electron chi connectivity index (χ3n) is 2.86. The molecule has 110 valence electrons. The Morgan fingerprint density at radius 2 is 1.76 bits per heavy atom. The smallest absolute Gasteiger partial charge is 0.258 e. The molecule has 6 heteroatoms. The average Bonchev–Trinajstić information content (AvgIpc) is 2.46. The lowest BCUT2D eigenvalue weighted by atomic mass is 10.1. The van der Waals surface area contributed by atoms with Gasteiger partial charge < -0.3 is 15.2 Å². The van der Waals surface area contributed by atoms with Crippen LogP contribution in [0.3, 0.4) is 0 Å². The van der Waals surface area contributed by atoms with Gasteiger partial charge in [-0.3, -0.25) is 4.79 Å². The summed E-state index contributed by atoms with van der Waals surface area (Å²) in [6, 6.07) is 11.9. The number of benzene rings is 2. The lowest BCUT2D eigenvalue weighted by Gasteiger charge is -2.16. The van der Waals surface area contributed by atoms with Crippen molar-refractivity contribution in [1.29, 1.82) is 0 Å². The Morgan fingerprint density at radius 3 is 2.29 bits per heavy atom. The second-order valence-corrected chi connectivity index (χ2v) is 5.12. The molecule has 21 heavy (non-hydrogen) atoms. The molecule has 1 amide bonds. The maximum Gasteiger partial charge on any atom is 0.258 e. The van der Waals surface area contributed by atoms with Crippen molar-refractivity contribution in [2.45, 2.75) is 6.10 Å². The maximum atomic E-state index is 12.3. The van der Waals surface area contributed by atoms with E-state index >= 15 is 0 Å². The van der Waals surface area contributed by atoms with Crippen molar-refractivity contribution in [3.05, 3.63) is 58.1 Å². The first-order valence-corrected chi connectivity index (χ1v) is 6.85. The van der Waals surface area contributed by atoms with E-state index in [2.05, 4.69) is 5.32 Å². The third kappa shape index (κ3) is 3.67. The van der Waals surface area contributed by atoms with E-state index in [1.165, 1.54) is 19.2 Å². The molecule has 0 fully saturated rings. The highest BCUT2D eigenvalue weighted by Crippen LogP contribution is 2.35. The lowest BCUT2D eigenvalue weighted by molar-refractivity contribution is -0.126. The Hall–Kier alpha value is -1.75. The number of amides is 1. The van der Waals surface area contributed by atoms with E-state index in [-0.39, 0.29) is 21.7 Å².